The largest absolute Gasteiger partial charge is 0.452 e. The van der Waals surface area contributed by atoms with Gasteiger partial charge >= 0.3 is 12.0 Å². The predicted octanol–water partition coefficient (Wildman–Crippen LogP) is 2.79. The number of carbonyl (C=O) groups excluding carboxylic acids is 3. The molecule has 1 N–H and O–H groups in total. The van der Waals surface area contributed by atoms with Crippen LogP contribution < -0.4 is 5.32 Å². The third kappa shape index (κ3) is 4.72. The van der Waals surface area contributed by atoms with E-state index in [-0.39, 0.29) is 12.4 Å². The van der Waals surface area contributed by atoms with Crippen molar-refractivity contribution in [2.24, 2.45) is 0 Å². The molecule has 162 valence electrons. The van der Waals surface area contributed by atoms with Gasteiger partial charge in [0.1, 0.15) is 5.82 Å². The van der Waals surface area contributed by atoms with E-state index in [1.165, 1.54) is 24.3 Å². The number of halogens is 1. The summed E-state index contributed by atoms with van der Waals surface area (Å²) in [6.45, 7) is 0.0748. The summed E-state index contributed by atoms with van der Waals surface area (Å²) in [5.41, 5.74) is 2.63. The van der Waals surface area contributed by atoms with Crippen molar-refractivity contribution in [3.8, 4) is 16.9 Å². The maximum absolute atomic E-state index is 13.4. The summed E-state index contributed by atoms with van der Waals surface area (Å²) in [6.07, 6.45) is 4.43. The molecular weight excluding hydrogens is 415 g/mol. The van der Waals surface area contributed by atoms with Gasteiger partial charge in [0, 0.05) is 36.5 Å². The molecule has 3 amide bonds. The first-order chi connectivity index (χ1) is 15.5. The van der Waals surface area contributed by atoms with Gasteiger partial charge in [-0.15, -0.1) is 0 Å². The normalized spacial score (nSPS) is 13.4. The summed E-state index contributed by atoms with van der Waals surface area (Å²) in [4.78, 5) is 36.6. The third-order valence-electron chi connectivity index (χ3n) is 4.78. The maximum atomic E-state index is 13.4. The topological polar surface area (TPSA) is 93.5 Å². The van der Waals surface area contributed by atoms with E-state index >= 15 is 0 Å². The lowest BCUT2D eigenvalue weighted by Crippen LogP contribution is -2.37. The van der Waals surface area contributed by atoms with Crippen molar-refractivity contribution in [2.45, 2.75) is 0 Å². The van der Waals surface area contributed by atoms with Gasteiger partial charge in [-0.05, 0) is 42.5 Å². The van der Waals surface area contributed by atoms with Gasteiger partial charge < -0.3 is 10.1 Å². The Morgan fingerprint density at radius 1 is 1.12 bits per heavy atom. The van der Waals surface area contributed by atoms with Crippen LogP contribution in [-0.2, 0) is 14.3 Å². The van der Waals surface area contributed by atoms with E-state index in [0.29, 0.717) is 23.4 Å². The van der Waals surface area contributed by atoms with Crippen molar-refractivity contribution in [1.29, 1.82) is 0 Å². The smallest absolute Gasteiger partial charge is 0.331 e. The minimum Gasteiger partial charge on any atom is -0.452 e. The molecule has 4 rings (SSSR count). The molecule has 1 aliphatic heterocycles. The van der Waals surface area contributed by atoms with Gasteiger partial charge in [0.05, 0.1) is 11.4 Å². The van der Waals surface area contributed by atoms with Gasteiger partial charge in [-0.25, -0.2) is 18.7 Å². The fraction of sp³-hybridized carbons (Fsp3) is 0.130. The van der Waals surface area contributed by atoms with Crippen molar-refractivity contribution in [2.75, 3.05) is 19.7 Å². The number of nitrogens with one attached hydrogen (secondary N) is 1. The first-order valence-electron chi connectivity index (χ1n) is 9.85. The molecule has 2 aromatic carbocycles. The van der Waals surface area contributed by atoms with E-state index in [4.69, 9.17) is 4.74 Å². The summed E-state index contributed by atoms with van der Waals surface area (Å²) in [7, 11) is 0. The molecule has 0 unspecified atom stereocenters. The fourth-order valence-corrected chi connectivity index (χ4v) is 3.18. The molecule has 1 fully saturated rings. The average molecular weight is 434 g/mol. The van der Waals surface area contributed by atoms with Crippen molar-refractivity contribution >= 4 is 24.0 Å². The maximum Gasteiger partial charge on any atom is 0.331 e. The number of ether oxygens (including phenoxy) is 1. The molecule has 0 atom stereocenters. The number of imide groups is 1. The zero-order valence-corrected chi connectivity index (χ0v) is 16.9. The molecule has 1 saturated heterocycles. The summed E-state index contributed by atoms with van der Waals surface area (Å²) in [5, 5.41) is 7.08. The van der Waals surface area contributed by atoms with E-state index in [9.17, 15) is 18.8 Å². The number of esters is 1. The second-order valence-corrected chi connectivity index (χ2v) is 6.94. The van der Waals surface area contributed by atoms with Gasteiger partial charge in [-0.3, -0.25) is 9.69 Å². The zero-order valence-electron chi connectivity index (χ0n) is 16.9. The molecule has 9 heteroatoms. The van der Waals surface area contributed by atoms with Crippen molar-refractivity contribution in [3.63, 3.8) is 0 Å². The van der Waals surface area contributed by atoms with Crippen LogP contribution in [0.2, 0.25) is 0 Å². The molecule has 0 radical (unpaired) electrons. The van der Waals surface area contributed by atoms with Crippen LogP contribution >= 0.6 is 0 Å². The Morgan fingerprint density at radius 3 is 2.56 bits per heavy atom. The number of aromatic nitrogens is 2. The lowest BCUT2D eigenvalue weighted by Gasteiger charge is -2.11. The molecular formula is C23H19FN4O4. The van der Waals surface area contributed by atoms with Crippen LogP contribution in [0, 0.1) is 5.82 Å². The molecule has 32 heavy (non-hydrogen) atoms. The van der Waals surface area contributed by atoms with Gasteiger partial charge in [0.2, 0.25) is 0 Å². The second kappa shape index (κ2) is 9.25. The molecule has 2 heterocycles. The van der Waals surface area contributed by atoms with Crippen molar-refractivity contribution in [1.82, 2.24) is 20.0 Å². The SMILES string of the molecule is O=C(/C=C/c1cn(-c2ccccc2)nc1-c1ccc(F)cc1)OCC(=O)N1CCNC1=O. The Kier molecular flexibility index (Phi) is 6.07. The lowest BCUT2D eigenvalue weighted by molar-refractivity contribution is -0.146. The van der Waals surface area contributed by atoms with Crippen LogP contribution in [0.5, 0.6) is 0 Å². The Labute approximate surface area is 182 Å². The summed E-state index contributed by atoms with van der Waals surface area (Å²) >= 11 is 0. The first kappa shape index (κ1) is 21.0. The molecule has 1 aromatic heterocycles. The summed E-state index contributed by atoms with van der Waals surface area (Å²) < 4.78 is 20.0. The first-order valence-corrected chi connectivity index (χ1v) is 9.85. The molecule has 8 nitrogen and oxygen atoms in total. The minimum atomic E-state index is -0.740. The molecule has 0 spiro atoms. The Bertz CT molecular complexity index is 1170. The van der Waals surface area contributed by atoms with Crippen molar-refractivity contribution < 1.29 is 23.5 Å². The van der Waals surface area contributed by atoms with Crippen LogP contribution in [0.15, 0.2) is 66.9 Å². The van der Waals surface area contributed by atoms with Crippen LogP contribution in [0.25, 0.3) is 23.0 Å². The number of carbonyl (C=O) groups is 3. The average Bonchev–Trinajstić information content (AvgIpc) is 3.43. The van der Waals surface area contributed by atoms with Crippen LogP contribution in [0.1, 0.15) is 5.56 Å². The van der Waals surface area contributed by atoms with E-state index in [2.05, 4.69) is 10.4 Å². The van der Waals surface area contributed by atoms with Gasteiger partial charge in [-0.1, -0.05) is 18.2 Å². The molecule has 3 aromatic rings. The van der Waals surface area contributed by atoms with Gasteiger partial charge in [0.25, 0.3) is 5.91 Å². The molecule has 1 aliphatic rings. The number of urea groups is 1. The van der Waals surface area contributed by atoms with E-state index in [1.54, 1.807) is 23.0 Å². The van der Waals surface area contributed by atoms with Crippen molar-refractivity contribution in [3.05, 3.63) is 78.3 Å². The van der Waals surface area contributed by atoms with E-state index in [0.717, 1.165) is 10.6 Å². The van der Waals surface area contributed by atoms with Crippen LogP contribution in [-0.4, -0.2) is 52.3 Å². The van der Waals surface area contributed by atoms with Gasteiger partial charge in [-0.2, -0.15) is 5.10 Å². The molecule has 0 saturated carbocycles. The Morgan fingerprint density at radius 2 is 1.88 bits per heavy atom. The highest BCUT2D eigenvalue weighted by Gasteiger charge is 2.26. The Hall–Kier alpha value is -4.27. The number of hydrogen-bond acceptors (Lipinski definition) is 5. The van der Waals surface area contributed by atoms with E-state index < -0.39 is 24.5 Å². The zero-order chi connectivity index (χ0) is 22.5. The van der Waals surface area contributed by atoms with Gasteiger partial charge in [0.15, 0.2) is 6.61 Å². The number of rotatable bonds is 6. The van der Waals surface area contributed by atoms with E-state index in [1.807, 2.05) is 30.3 Å². The fourth-order valence-electron chi connectivity index (χ4n) is 3.18. The number of para-hydroxylation sites is 1. The standard InChI is InChI=1S/C23H19FN4O4/c24-18-9-6-16(7-10-18)22-17(14-28(26-22)19-4-2-1-3-5-19)8-11-21(30)32-15-20(29)27-13-12-25-23(27)31/h1-11,14H,12-13,15H2,(H,25,31)/b11-8+. The molecule has 0 aliphatic carbocycles. The monoisotopic (exact) mass is 434 g/mol. The lowest BCUT2D eigenvalue weighted by atomic mass is 10.1. The minimum absolute atomic E-state index is 0.241. The van der Waals surface area contributed by atoms with Crippen LogP contribution in [0.4, 0.5) is 9.18 Å². The molecule has 0 bridgehead atoms. The number of benzene rings is 2. The van der Waals surface area contributed by atoms with Crippen LogP contribution in [0.3, 0.4) is 0 Å². The number of nitrogens with zero attached hydrogens (tertiary/aromatic N) is 3. The summed E-state index contributed by atoms with van der Waals surface area (Å²) in [6, 6.07) is 14.8. The number of amides is 3. The highest BCUT2D eigenvalue weighted by atomic mass is 19.1. The number of hydrogen-bond donors (Lipinski definition) is 1. The second-order valence-electron chi connectivity index (χ2n) is 6.94. The third-order valence-corrected chi connectivity index (χ3v) is 4.78. The highest BCUT2D eigenvalue weighted by Crippen LogP contribution is 2.25. The predicted molar refractivity (Wildman–Crippen MR) is 114 cm³/mol. The summed E-state index contributed by atoms with van der Waals surface area (Å²) in [5.74, 6) is -1.70. The highest BCUT2D eigenvalue weighted by molar-refractivity contribution is 5.97. The quantitative estimate of drug-likeness (QED) is 0.476. The Balaban J connectivity index is 1.52.